The van der Waals surface area contributed by atoms with Gasteiger partial charge in [-0.05, 0) is 19.5 Å². The zero-order valence-corrected chi connectivity index (χ0v) is 9.84. The number of para-hydroxylation sites is 1. The van der Waals surface area contributed by atoms with E-state index in [2.05, 4.69) is 25.2 Å². The third kappa shape index (κ3) is 2.11. The van der Waals surface area contributed by atoms with E-state index in [0.717, 1.165) is 18.7 Å². The molecule has 2 rings (SSSR count). The lowest BCUT2D eigenvalue weighted by Gasteiger charge is -2.31. The summed E-state index contributed by atoms with van der Waals surface area (Å²) in [5, 5.41) is 4.17. The zero-order chi connectivity index (χ0) is 10.8. The van der Waals surface area contributed by atoms with Gasteiger partial charge in [0.05, 0.1) is 11.1 Å². The summed E-state index contributed by atoms with van der Waals surface area (Å²) < 4.78 is 5.77. The van der Waals surface area contributed by atoms with Crippen LogP contribution in [-0.2, 0) is 0 Å². The maximum atomic E-state index is 6.12. The second-order valence-electron chi connectivity index (χ2n) is 3.93. The van der Waals surface area contributed by atoms with Crippen LogP contribution in [0.2, 0.25) is 5.02 Å². The molecule has 0 amide bonds. The molecule has 0 radical (unpaired) electrons. The number of fused-ring (bicyclic) bond motifs is 1. The van der Waals surface area contributed by atoms with Gasteiger partial charge in [-0.1, -0.05) is 30.7 Å². The van der Waals surface area contributed by atoms with Crippen LogP contribution in [-0.4, -0.2) is 12.6 Å². The third-order valence-corrected chi connectivity index (χ3v) is 3.01. The molecule has 0 bridgehead atoms. The van der Waals surface area contributed by atoms with Crippen LogP contribution in [0, 0.1) is 0 Å². The fourth-order valence-corrected chi connectivity index (χ4v) is 2.30. The topological polar surface area (TPSA) is 21.3 Å². The fourth-order valence-electron chi connectivity index (χ4n) is 2.07. The van der Waals surface area contributed by atoms with Gasteiger partial charge in [-0.15, -0.1) is 0 Å². The summed E-state index contributed by atoms with van der Waals surface area (Å²) in [6, 6.07) is 6.31. The minimum Gasteiger partial charge on any atom is -0.489 e. The molecule has 0 saturated carbocycles. The van der Waals surface area contributed by atoms with E-state index in [1.54, 1.807) is 0 Å². The second kappa shape index (κ2) is 4.42. The minimum atomic E-state index is 0.224. The Morgan fingerprint density at radius 2 is 2.33 bits per heavy atom. The first kappa shape index (κ1) is 10.8. The number of rotatable bonds is 2. The van der Waals surface area contributed by atoms with Crippen molar-refractivity contribution < 1.29 is 4.74 Å². The molecule has 1 aliphatic heterocycles. The maximum Gasteiger partial charge on any atom is 0.143 e. The van der Waals surface area contributed by atoms with Crippen LogP contribution in [0.5, 0.6) is 5.75 Å². The average Bonchev–Trinajstić information content (AvgIpc) is 2.20. The third-order valence-electron chi connectivity index (χ3n) is 2.71. The molecule has 1 N–H and O–H groups in total. The molecule has 2 atom stereocenters. The van der Waals surface area contributed by atoms with Gasteiger partial charge in [-0.3, -0.25) is 0 Å². The van der Waals surface area contributed by atoms with E-state index in [-0.39, 0.29) is 6.10 Å². The van der Waals surface area contributed by atoms with Crippen molar-refractivity contribution in [2.75, 3.05) is 6.54 Å². The van der Waals surface area contributed by atoms with Crippen LogP contribution in [0.4, 0.5) is 0 Å². The number of nitrogens with one attached hydrogen (secondary N) is 1. The summed E-state index contributed by atoms with van der Waals surface area (Å²) in [6.07, 6.45) is 1.22. The Morgan fingerprint density at radius 3 is 3.07 bits per heavy atom. The molecule has 1 aliphatic rings. The van der Waals surface area contributed by atoms with E-state index in [1.165, 1.54) is 5.56 Å². The second-order valence-corrected chi connectivity index (χ2v) is 4.34. The van der Waals surface area contributed by atoms with Crippen LogP contribution in [0.25, 0.3) is 0 Å². The Bertz CT molecular complexity index is 353. The van der Waals surface area contributed by atoms with Crippen molar-refractivity contribution in [1.82, 2.24) is 5.32 Å². The molecule has 1 aromatic rings. The van der Waals surface area contributed by atoms with Gasteiger partial charge in [0, 0.05) is 18.0 Å². The lowest BCUT2D eigenvalue weighted by molar-refractivity contribution is 0.167. The number of benzene rings is 1. The van der Waals surface area contributed by atoms with Crippen molar-refractivity contribution in [3.63, 3.8) is 0 Å². The number of hydrogen-bond acceptors (Lipinski definition) is 2. The number of hydrogen-bond donors (Lipinski definition) is 1. The maximum absolute atomic E-state index is 6.12. The molecule has 2 nitrogen and oxygen atoms in total. The molecular formula is C12H16ClNO. The monoisotopic (exact) mass is 225 g/mol. The Morgan fingerprint density at radius 1 is 1.53 bits per heavy atom. The standard InChI is InChI=1S/C12H16ClNO/c1-3-14-11-7-8(2)15-12-9(11)5-4-6-10(12)13/h4-6,8,11,14H,3,7H2,1-2H3. The molecule has 2 unspecified atom stereocenters. The molecule has 0 saturated heterocycles. The molecule has 3 heteroatoms. The highest BCUT2D eigenvalue weighted by Crippen LogP contribution is 2.39. The van der Waals surface area contributed by atoms with E-state index in [1.807, 2.05) is 12.1 Å². The van der Waals surface area contributed by atoms with Gasteiger partial charge in [-0.2, -0.15) is 0 Å². The van der Waals surface area contributed by atoms with E-state index in [4.69, 9.17) is 16.3 Å². The van der Waals surface area contributed by atoms with Crippen molar-refractivity contribution >= 4 is 11.6 Å². The van der Waals surface area contributed by atoms with Crippen LogP contribution >= 0.6 is 11.6 Å². The summed E-state index contributed by atoms with van der Waals surface area (Å²) in [5.41, 5.74) is 1.18. The lowest BCUT2D eigenvalue weighted by Crippen LogP contribution is -2.31. The van der Waals surface area contributed by atoms with Crippen molar-refractivity contribution in [2.45, 2.75) is 32.4 Å². The van der Waals surface area contributed by atoms with Gasteiger partial charge in [0.1, 0.15) is 5.75 Å². The number of halogens is 1. The van der Waals surface area contributed by atoms with Crippen molar-refractivity contribution in [1.29, 1.82) is 0 Å². The Balaban J connectivity index is 2.37. The minimum absolute atomic E-state index is 0.224. The van der Waals surface area contributed by atoms with Crippen LogP contribution < -0.4 is 10.1 Å². The van der Waals surface area contributed by atoms with Gasteiger partial charge >= 0.3 is 0 Å². The summed E-state index contributed by atoms with van der Waals surface area (Å²) in [5.74, 6) is 0.851. The molecule has 0 fully saturated rings. The lowest BCUT2D eigenvalue weighted by atomic mass is 9.97. The van der Waals surface area contributed by atoms with E-state index < -0.39 is 0 Å². The highest BCUT2D eigenvalue weighted by Gasteiger charge is 2.26. The summed E-state index contributed by atoms with van der Waals surface area (Å²) in [4.78, 5) is 0. The van der Waals surface area contributed by atoms with Crippen molar-refractivity contribution in [3.8, 4) is 5.75 Å². The van der Waals surface area contributed by atoms with E-state index in [9.17, 15) is 0 Å². The molecule has 1 aromatic carbocycles. The quantitative estimate of drug-likeness (QED) is 0.835. The molecule has 82 valence electrons. The van der Waals surface area contributed by atoms with Crippen molar-refractivity contribution in [2.24, 2.45) is 0 Å². The van der Waals surface area contributed by atoms with Gasteiger partial charge < -0.3 is 10.1 Å². The summed E-state index contributed by atoms with van der Waals surface area (Å²) in [6.45, 7) is 5.16. The largest absolute Gasteiger partial charge is 0.489 e. The average molecular weight is 226 g/mol. The predicted octanol–water partition coefficient (Wildman–Crippen LogP) is 3.16. The molecule has 15 heavy (non-hydrogen) atoms. The van der Waals surface area contributed by atoms with Gasteiger partial charge in [0.15, 0.2) is 0 Å². The highest BCUT2D eigenvalue weighted by atomic mass is 35.5. The molecule has 1 heterocycles. The first-order chi connectivity index (χ1) is 7.22. The Kier molecular flexibility index (Phi) is 3.17. The van der Waals surface area contributed by atoms with Crippen LogP contribution in [0.15, 0.2) is 18.2 Å². The molecule has 0 spiro atoms. The van der Waals surface area contributed by atoms with Gasteiger partial charge in [-0.25, -0.2) is 0 Å². The first-order valence-corrected chi connectivity index (χ1v) is 5.78. The van der Waals surface area contributed by atoms with E-state index in [0.29, 0.717) is 11.1 Å². The summed E-state index contributed by atoms with van der Waals surface area (Å²) >= 11 is 6.12. The summed E-state index contributed by atoms with van der Waals surface area (Å²) in [7, 11) is 0. The first-order valence-electron chi connectivity index (χ1n) is 5.40. The zero-order valence-electron chi connectivity index (χ0n) is 9.09. The van der Waals surface area contributed by atoms with Gasteiger partial charge in [0.25, 0.3) is 0 Å². The van der Waals surface area contributed by atoms with Crippen LogP contribution in [0.3, 0.4) is 0 Å². The number of ether oxygens (including phenoxy) is 1. The van der Waals surface area contributed by atoms with Gasteiger partial charge in [0.2, 0.25) is 0 Å². The normalized spacial score (nSPS) is 24.5. The molecular weight excluding hydrogens is 210 g/mol. The Labute approximate surface area is 95.6 Å². The highest BCUT2D eigenvalue weighted by molar-refractivity contribution is 6.32. The van der Waals surface area contributed by atoms with Crippen LogP contribution in [0.1, 0.15) is 31.9 Å². The molecule has 0 aromatic heterocycles. The Hall–Kier alpha value is -0.730. The van der Waals surface area contributed by atoms with Crippen molar-refractivity contribution in [3.05, 3.63) is 28.8 Å². The molecule has 0 aliphatic carbocycles. The SMILES string of the molecule is CCNC1CC(C)Oc2c(Cl)cccc21. The smallest absolute Gasteiger partial charge is 0.143 e. The predicted molar refractivity (Wildman–Crippen MR) is 62.6 cm³/mol. The van der Waals surface area contributed by atoms with E-state index >= 15 is 0 Å². The fraction of sp³-hybridized carbons (Fsp3) is 0.500.